The summed E-state index contributed by atoms with van der Waals surface area (Å²) in [6, 6.07) is 9.97. The van der Waals surface area contributed by atoms with E-state index in [1.54, 1.807) is 24.5 Å². The molecule has 0 saturated carbocycles. The lowest BCUT2D eigenvalue weighted by Gasteiger charge is -2.11. The van der Waals surface area contributed by atoms with Crippen molar-refractivity contribution in [2.24, 2.45) is 0 Å². The predicted octanol–water partition coefficient (Wildman–Crippen LogP) is 4.02. The largest absolute Gasteiger partial charge is 0.494 e. The monoisotopic (exact) mass is 360 g/mol. The Balaban J connectivity index is 1.90. The maximum absolute atomic E-state index is 14.0. The summed E-state index contributed by atoms with van der Waals surface area (Å²) in [5.74, 6) is -0.138. The normalized spacial score (nSPS) is 11.5. The predicted molar refractivity (Wildman–Crippen MR) is 93.8 cm³/mol. The third-order valence-electron chi connectivity index (χ3n) is 3.62. The number of rotatable bonds is 5. The molecule has 0 aliphatic carbocycles. The Morgan fingerprint density at radius 2 is 1.96 bits per heavy atom. The summed E-state index contributed by atoms with van der Waals surface area (Å²) in [5.41, 5.74) is 1.34. The fourth-order valence-electron chi connectivity index (χ4n) is 2.35. The molecule has 25 heavy (non-hydrogen) atoms. The van der Waals surface area contributed by atoms with Crippen molar-refractivity contribution in [3.63, 3.8) is 0 Å². The zero-order valence-electron chi connectivity index (χ0n) is 13.7. The van der Waals surface area contributed by atoms with Crippen LogP contribution in [-0.2, 0) is 16.2 Å². The van der Waals surface area contributed by atoms with Crippen molar-refractivity contribution in [1.29, 1.82) is 9.56 Å². The van der Waals surface area contributed by atoms with Gasteiger partial charge >= 0.3 is 0 Å². The highest BCUT2D eigenvalue weighted by molar-refractivity contribution is 7.92. The number of halogens is 1. The van der Waals surface area contributed by atoms with Crippen molar-refractivity contribution in [2.45, 2.75) is 11.5 Å². The van der Waals surface area contributed by atoms with Gasteiger partial charge in [0.25, 0.3) is 0 Å². The zero-order chi connectivity index (χ0) is 18.0. The van der Waals surface area contributed by atoms with E-state index < -0.39 is 15.4 Å². The van der Waals surface area contributed by atoms with Gasteiger partial charge in [-0.05, 0) is 33.4 Å². The number of aromatic nitrogens is 2. The van der Waals surface area contributed by atoms with E-state index >= 15 is 0 Å². The highest BCUT2D eigenvalue weighted by Crippen LogP contribution is 2.28. The second-order valence-electron chi connectivity index (χ2n) is 5.54. The number of nitrogens with one attached hydrogen (secondary N) is 2. The molecular formula is C17H17FN4O2S. The molecule has 0 aliphatic heterocycles. The number of fused-ring (bicyclic) bond motifs is 1. The number of hydrogen-bond donors (Lipinski definition) is 2. The second kappa shape index (κ2) is 6.64. The van der Waals surface area contributed by atoms with Crippen LogP contribution in [0, 0.1) is 15.4 Å². The van der Waals surface area contributed by atoms with Crippen LogP contribution in [0.25, 0.3) is 10.9 Å². The van der Waals surface area contributed by atoms with Crippen LogP contribution in [0.5, 0.6) is 11.6 Å². The van der Waals surface area contributed by atoms with Crippen LogP contribution in [0.3, 0.4) is 0 Å². The maximum Gasteiger partial charge on any atom is 0.224 e. The van der Waals surface area contributed by atoms with E-state index in [2.05, 4.69) is 9.97 Å². The lowest BCUT2D eigenvalue weighted by molar-refractivity contribution is 0.297. The molecule has 0 atom stereocenters. The summed E-state index contributed by atoms with van der Waals surface area (Å²) in [5, 5.41) is 0.452. The fraction of sp³-hybridized carbons (Fsp3) is 0.176. The summed E-state index contributed by atoms with van der Waals surface area (Å²) in [6.45, 7) is 0.198. The van der Waals surface area contributed by atoms with Crippen LogP contribution in [0.15, 0.2) is 47.6 Å². The van der Waals surface area contributed by atoms with Gasteiger partial charge < -0.3 is 9.47 Å². The smallest absolute Gasteiger partial charge is 0.224 e. The average molecular weight is 360 g/mol. The molecule has 0 bridgehead atoms. The first-order chi connectivity index (χ1) is 11.9. The van der Waals surface area contributed by atoms with Crippen LogP contribution in [0.2, 0.25) is 0 Å². The van der Waals surface area contributed by atoms with Crippen LogP contribution in [0.1, 0.15) is 5.56 Å². The molecule has 0 spiro atoms. The van der Waals surface area contributed by atoms with Crippen molar-refractivity contribution in [3.05, 3.63) is 54.1 Å². The summed E-state index contributed by atoms with van der Waals surface area (Å²) in [7, 11) is -0.908. The Labute approximate surface area is 145 Å². The van der Waals surface area contributed by atoms with Gasteiger partial charge in [-0.2, -0.15) is 0 Å². The SMILES string of the molecule is COc1cc2ncnc(OCc3cccc(S(C)(=N)=N)c3)c2cc1F. The average Bonchev–Trinajstić information content (AvgIpc) is 2.59. The van der Waals surface area contributed by atoms with Gasteiger partial charge in [0.2, 0.25) is 5.88 Å². The molecule has 8 heteroatoms. The van der Waals surface area contributed by atoms with Crippen molar-refractivity contribution in [2.75, 3.05) is 13.4 Å². The van der Waals surface area contributed by atoms with Crippen LogP contribution in [0.4, 0.5) is 4.39 Å². The van der Waals surface area contributed by atoms with Gasteiger partial charge in [0.15, 0.2) is 11.6 Å². The number of methoxy groups -OCH3 is 1. The number of benzene rings is 2. The molecule has 0 amide bonds. The van der Waals surface area contributed by atoms with Gasteiger partial charge in [0, 0.05) is 17.2 Å². The van der Waals surface area contributed by atoms with Gasteiger partial charge in [0.1, 0.15) is 12.9 Å². The molecule has 3 aromatic rings. The highest BCUT2D eigenvalue weighted by Gasteiger charge is 2.11. The van der Waals surface area contributed by atoms with Crippen molar-refractivity contribution < 1.29 is 13.9 Å². The summed E-state index contributed by atoms with van der Waals surface area (Å²) < 4.78 is 40.4. The van der Waals surface area contributed by atoms with Gasteiger partial charge in [-0.1, -0.05) is 12.1 Å². The quantitative estimate of drug-likeness (QED) is 0.719. The molecule has 0 radical (unpaired) electrons. The first-order valence-corrected chi connectivity index (χ1v) is 9.40. The summed E-state index contributed by atoms with van der Waals surface area (Å²) in [4.78, 5) is 8.84. The minimum Gasteiger partial charge on any atom is -0.494 e. The Bertz CT molecular complexity index is 1040. The molecule has 1 aromatic heterocycles. The molecule has 0 fully saturated rings. The third kappa shape index (κ3) is 3.69. The number of hydrogen-bond acceptors (Lipinski definition) is 6. The molecular weight excluding hydrogens is 343 g/mol. The van der Waals surface area contributed by atoms with E-state index in [4.69, 9.17) is 19.0 Å². The molecule has 2 N–H and O–H groups in total. The van der Waals surface area contributed by atoms with E-state index in [9.17, 15) is 4.39 Å². The third-order valence-corrected chi connectivity index (χ3v) is 4.81. The van der Waals surface area contributed by atoms with Gasteiger partial charge in [-0.25, -0.2) is 14.4 Å². The topological polar surface area (TPSA) is 91.9 Å². The standard InChI is InChI=1S/C17H17FN4O2S/c1-23-16-8-15-13(7-14(16)18)17(22-10-21-15)24-9-11-4-3-5-12(6-11)25(2,19)20/h3-8,10,19-20H,9H2,1-2H3. The Morgan fingerprint density at radius 1 is 1.16 bits per heavy atom. The molecule has 2 aromatic carbocycles. The lowest BCUT2D eigenvalue weighted by Crippen LogP contribution is -2.01. The first-order valence-electron chi connectivity index (χ1n) is 7.36. The van der Waals surface area contributed by atoms with Crippen molar-refractivity contribution in [1.82, 2.24) is 9.97 Å². The Kier molecular flexibility index (Phi) is 4.54. The minimum absolute atomic E-state index is 0.109. The van der Waals surface area contributed by atoms with Crippen LogP contribution >= 0.6 is 0 Å². The second-order valence-corrected chi connectivity index (χ2v) is 7.85. The van der Waals surface area contributed by atoms with Crippen molar-refractivity contribution >= 4 is 20.5 Å². The van der Waals surface area contributed by atoms with Crippen LogP contribution < -0.4 is 9.47 Å². The maximum atomic E-state index is 14.0. The summed E-state index contributed by atoms with van der Waals surface area (Å²) in [6.07, 6.45) is 2.93. The van der Waals surface area contributed by atoms with Gasteiger partial charge in [0.05, 0.1) is 18.0 Å². The van der Waals surface area contributed by atoms with Crippen LogP contribution in [-0.4, -0.2) is 23.3 Å². The van der Waals surface area contributed by atoms with E-state index in [1.165, 1.54) is 25.6 Å². The molecule has 1 heterocycles. The van der Waals surface area contributed by atoms with Gasteiger partial charge in [-0.3, -0.25) is 9.56 Å². The van der Waals surface area contributed by atoms with E-state index in [-0.39, 0.29) is 18.2 Å². The van der Waals surface area contributed by atoms with Gasteiger partial charge in [-0.15, -0.1) is 0 Å². The fourth-order valence-corrected chi connectivity index (χ4v) is 3.08. The van der Waals surface area contributed by atoms with E-state index in [0.717, 1.165) is 5.56 Å². The molecule has 0 saturated heterocycles. The molecule has 3 rings (SSSR count). The van der Waals surface area contributed by atoms with E-state index in [0.29, 0.717) is 15.8 Å². The first kappa shape index (κ1) is 17.1. The van der Waals surface area contributed by atoms with Crippen molar-refractivity contribution in [3.8, 4) is 11.6 Å². The summed E-state index contributed by atoms with van der Waals surface area (Å²) >= 11 is 0. The zero-order valence-corrected chi connectivity index (χ0v) is 14.6. The molecule has 0 aliphatic rings. The molecule has 6 nitrogen and oxygen atoms in total. The number of ether oxygens (including phenoxy) is 2. The highest BCUT2D eigenvalue weighted by atomic mass is 32.2. The Hall–Kier alpha value is -2.74. The molecule has 0 unspecified atom stereocenters. The van der Waals surface area contributed by atoms with E-state index in [1.807, 2.05) is 6.07 Å². The Morgan fingerprint density at radius 3 is 2.68 bits per heavy atom. The number of nitrogens with zero attached hydrogens (tertiary/aromatic N) is 2. The molecule has 130 valence electrons. The lowest BCUT2D eigenvalue weighted by atomic mass is 10.2. The minimum atomic E-state index is -2.30.